The highest BCUT2D eigenvalue weighted by Crippen LogP contribution is 2.11. The molecule has 0 aliphatic rings. The number of nitrogens with one attached hydrogen (secondary N) is 2. The van der Waals surface area contributed by atoms with Gasteiger partial charge >= 0.3 is 0 Å². The van der Waals surface area contributed by atoms with Crippen LogP contribution < -0.4 is 15.4 Å². The van der Waals surface area contributed by atoms with E-state index in [1.165, 1.54) is 5.56 Å². The second-order valence-electron chi connectivity index (χ2n) is 5.88. The zero-order valence-corrected chi connectivity index (χ0v) is 15.5. The molecule has 0 aliphatic heterocycles. The van der Waals surface area contributed by atoms with E-state index in [0.717, 1.165) is 5.75 Å². The zero-order chi connectivity index (χ0) is 18.8. The van der Waals surface area contributed by atoms with Crippen LogP contribution in [0.1, 0.15) is 28.8 Å². The van der Waals surface area contributed by atoms with Gasteiger partial charge in [0.1, 0.15) is 5.75 Å². The number of rotatable bonds is 9. The molecule has 0 saturated heterocycles. The van der Waals surface area contributed by atoms with Gasteiger partial charge in [-0.05, 0) is 49.7 Å². The first-order valence-electron chi connectivity index (χ1n) is 8.54. The van der Waals surface area contributed by atoms with Crippen molar-refractivity contribution < 1.29 is 14.3 Å². The summed E-state index contributed by atoms with van der Waals surface area (Å²) in [6.07, 6.45) is 1.02. The van der Waals surface area contributed by atoms with E-state index < -0.39 is 0 Å². The Morgan fingerprint density at radius 2 is 1.62 bits per heavy atom. The molecule has 2 rings (SSSR count). The van der Waals surface area contributed by atoms with Gasteiger partial charge in [0.25, 0.3) is 5.91 Å². The van der Waals surface area contributed by atoms with Crippen LogP contribution in [0.15, 0.2) is 48.5 Å². The van der Waals surface area contributed by atoms with Crippen LogP contribution in [0.2, 0.25) is 5.02 Å². The average molecular weight is 375 g/mol. The van der Waals surface area contributed by atoms with Crippen LogP contribution in [0.4, 0.5) is 0 Å². The van der Waals surface area contributed by atoms with E-state index in [9.17, 15) is 9.59 Å². The lowest BCUT2D eigenvalue weighted by atomic mass is 10.2. The average Bonchev–Trinajstić information content (AvgIpc) is 2.64. The van der Waals surface area contributed by atoms with Gasteiger partial charge in [-0.1, -0.05) is 29.3 Å². The maximum absolute atomic E-state index is 11.9. The number of aryl methyl sites for hydroxylation is 1. The minimum Gasteiger partial charge on any atom is -0.494 e. The molecule has 0 atom stereocenters. The van der Waals surface area contributed by atoms with E-state index in [4.69, 9.17) is 16.3 Å². The highest BCUT2D eigenvalue weighted by atomic mass is 35.5. The van der Waals surface area contributed by atoms with Crippen molar-refractivity contribution in [1.29, 1.82) is 0 Å². The minimum atomic E-state index is -0.192. The second kappa shape index (κ2) is 10.5. The van der Waals surface area contributed by atoms with Crippen molar-refractivity contribution in [2.24, 2.45) is 0 Å². The van der Waals surface area contributed by atoms with E-state index in [1.807, 2.05) is 31.2 Å². The molecule has 0 unspecified atom stereocenters. The third kappa shape index (κ3) is 7.15. The highest BCUT2D eigenvalue weighted by Gasteiger charge is 2.05. The van der Waals surface area contributed by atoms with Crippen LogP contribution in [0.3, 0.4) is 0 Å². The molecule has 138 valence electrons. The van der Waals surface area contributed by atoms with Crippen LogP contribution in [0.25, 0.3) is 0 Å². The van der Waals surface area contributed by atoms with Gasteiger partial charge in [-0.15, -0.1) is 0 Å². The first kappa shape index (κ1) is 19.8. The largest absolute Gasteiger partial charge is 0.494 e. The van der Waals surface area contributed by atoms with Gasteiger partial charge in [0.2, 0.25) is 5.91 Å². The molecule has 0 bridgehead atoms. The lowest BCUT2D eigenvalue weighted by Gasteiger charge is -2.08. The lowest BCUT2D eigenvalue weighted by Crippen LogP contribution is -2.34. The third-order valence-electron chi connectivity index (χ3n) is 3.68. The monoisotopic (exact) mass is 374 g/mol. The molecular weight excluding hydrogens is 352 g/mol. The Kier molecular flexibility index (Phi) is 7.96. The number of amides is 2. The Bertz CT molecular complexity index is 715. The molecule has 0 spiro atoms. The summed E-state index contributed by atoms with van der Waals surface area (Å²) in [5.41, 5.74) is 1.72. The molecule has 2 aromatic carbocycles. The van der Waals surface area contributed by atoms with Gasteiger partial charge < -0.3 is 15.4 Å². The summed E-state index contributed by atoms with van der Waals surface area (Å²) in [5, 5.41) is 6.10. The van der Waals surface area contributed by atoms with Crippen molar-refractivity contribution in [1.82, 2.24) is 10.6 Å². The van der Waals surface area contributed by atoms with Crippen LogP contribution >= 0.6 is 11.6 Å². The van der Waals surface area contributed by atoms with Crippen molar-refractivity contribution in [3.05, 3.63) is 64.7 Å². The Balaban J connectivity index is 1.54. The van der Waals surface area contributed by atoms with Crippen molar-refractivity contribution in [3.8, 4) is 5.75 Å². The molecule has 26 heavy (non-hydrogen) atoms. The maximum atomic E-state index is 11.9. The molecule has 2 aromatic rings. The normalized spacial score (nSPS) is 10.2. The number of benzene rings is 2. The summed E-state index contributed by atoms with van der Waals surface area (Å²) in [6, 6.07) is 14.4. The summed E-state index contributed by atoms with van der Waals surface area (Å²) in [5.74, 6) is 0.557. The van der Waals surface area contributed by atoms with Gasteiger partial charge in [0.15, 0.2) is 0 Å². The van der Waals surface area contributed by atoms with E-state index in [0.29, 0.717) is 43.1 Å². The summed E-state index contributed by atoms with van der Waals surface area (Å²) in [6.45, 7) is 3.26. The van der Waals surface area contributed by atoms with Crippen LogP contribution in [-0.2, 0) is 4.79 Å². The molecule has 0 radical (unpaired) electrons. The SMILES string of the molecule is Cc1ccc(OCCCC(=O)NCCNC(=O)c2ccc(Cl)cc2)cc1. The molecule has 0 heterocycles. The number of hydrogen-bond donors (Lipinski definition) is 2. The zero-order valence-electron chi connectivity index (χ0n) is 14.8. The molecule has 5 nitrogen and oxygen atoms in total. The topological polar surface area (TPSA) is 67.4 Å². The summed E-state index contributed by atoms with van der Waals surface area (Å²) < 4.78 is 5.58. The van der Waals surface area contributed by atoms with Gasteiger partial charge in [-0.25, -0.2) is 0 Å². The molecule has 6 heteroatoms. The van der Waals surface area contributed by atoms with Crippen LogP contribution in [0.5, 0.6) is 5.75 Å². The summed E-state index contributed by atoms with van der Waals surface area (Å²) in [4.78, 5) is 23.6. The molecule has 2 N–H and O–H groups in total. The predicted octanol–water partition coefficient (Wildman–Crippen LogP) is 3.35. The van der Waals surface area contributed by atoms with Gasteiger partial charge in [0.05, 0.1) is 6.61 Å². The van der Waals surface area contributed by atoms with E-state index in [-0.39, 0.29) is 11.8 Å². The Labute approximate surface area is 158 Å². The van der Waals surface area contributed by atoms with Crippen molar-refractivity contribution in [2.75, 3.05) is 19.7 Å². The van der Waals surface area contributed by atoms with E-state index in [1.54, 1.807) is 24.3 Å². The number of carbonyl (C=O) groups excluding carboxylic acids is 2. The standard InChI is InChI=1S/C20H23ClN2O3/c1-15-4-10-18(11-5-15)26-14-2-3-19(24)22-12-13-23-20(25)16-6-8-17(21)9-7-16/h4-11H,2-3,12-14H2,1H3,(H,22,24)(H,23,25). The Morgan fingerprint density at radius 1 is 0.962 bits per heavy atom. The fourth-order valence-electron chi connectivity index (χ4n) is 2.23. The molecule has 0 aromatic heterocycles. The summed E-state index contributed by atoms with van der Waals surface area (Å²) >= 11 is 5.78. The number of halogens is 1. The summed E-state index contributed by atoms with van der Waals surface area (Å²) in [7, 11) is 0. The van der Waals surface area contributed by atoms with E-state index >= 15 is 0 Å². The van der Waals surface area contributed by atoms with Crippen LogP contribution in [0, 0.1) is 6.92 Å². The maximum Gasteiger partial charge on any atom is 0.251 e. The smallest absolute Gasteiger partial charge is 0.251 e. The molecule has 0 fully saturated rings. The molecule has 2 amide bonds. The lowest BCUT2D eigenvalue weighted by molar-refractivity contribution is -0.121. The van der Waals surface area contributed by atoms with Crippen molar-refractivity contribution >= 4 is 23.4 Å². The predicted molar refractivity (Wildman–Crippen MR) is 103 cm³/mol. The fraction of sp³-hybridized carbons (Fsp3) is 0.300. The minimum absolute atomic E-state index is 0.0572. The number of hydrogen-bond acceptors (Lipinski definition) is 3. The number of ether oxygens (including phenoxy) is 1. The molecular formula is C20H23ClN2O3. The fourth-order valence-corrected chi connectivity index (χ4v) is 2.35. The van der Waals surface area contributed by atoms with Gasteiger partial charge in [-0.3, -0.25) is 9.59 Å². The Hall–Kier alpha value is -2.53. The van der Waals surface area contributed by atoms with Gasteiger partial charge in [0, 0.05) is 30.1 Å². The quantitative estimate of drug-likeness (QED) is 0.661. The van der Waals surface area contributed by atoms with E-state index in [2.05, 4.69) is 10.6 Å². The molecule has 0 aliphatic carbocycles. The van der Waals surface area contributed by atoms with Crippen molar-refractivity contribution in [3.63, 3.8) is 0 Å². The first-order chi connectivity index (χ1) is 12.5. The van der Waals surface area contributed by atoms with Crippen molar-refractivity contribution in [2.45, 2.75) is 19.8 Å². The highest BCUT2D eigenvalue weighted by molar-refractivity contribution is 6.30. The molecule has 0 saturated carbocycles. The van der Waals surface area contributed by atoms with Crippen LogP contribution in [-0.4, -0.2) is 31.5 Å². The first-order valence-corrected chi connectivity index (χ1v) is 8.92. The number of carbonyl (C=O) groups is 2. The third-order valence-corrected chi connectivity index (χ3v) is 3.93. The Morgan fingerprint density at radius 3 is 2.31 bits per heavy atom. The second-order valence-corrected chi connectivity index (χ2v) is 6.31. The van der Waals surface area contributed by atoms with Gasteiger partial charge in [-0.2, -0.15) is 0 Å².